The van der Waals surface area contributed by atoms with Gasteiger partial charge in [0, 0.05) is 18.7 Å². The van der Waals surface area contributed by atoms with Crippen LogP contribution in [0.3, 0.4) is 0 Å². The minimum absolute atomic E-state index is 0.187. The van der Waals surface area contributed by atoms with E-state index in [4.69, 9.17) is 21.6 Å². The minimum Gasteiger partial charge on any atom is -0.462 e. The average molecular weight is 359 g/mol. The molecule has 0 aliphatic carbocycles. The Morgan fingerprint density at radius 1 is 1.52 bits per heavy atom. The van der Waals surface area contributed by atoms with Crippen LogP contribution >= 0.6 is 11.6 Å². The zero-order chi connectivity index (χ0) is 18.0. The summed E-state index contributed by atoms with van der Waals surface area (Å²) in [7, 11) is 0. The van der Waals surface area contributed by atoms with Crippen molar-refractivity contribution in [3.05, 3.63) is 22.5 Å². The molecular formula is C17H20BClN4O2. The normalized spacial score (nSPS) is 15.4. The number of nitrogens with zero attached hydrogens (tertiary/aromatic N) is 4. The summed E-state index contributed by atoms with van der Waals surface area (Å²) < 4.78 is 6.91. The number of hydrogen-bond donors (Lipinski definition) is 0. The Bertz CT molecular complexity index is 837. The zero-order valence-electron chi connectivity index (χ0n) is 14.5. The van der Waals surface area contributed by atoms with Gasteiger partial charge in [-0.1, -0.05) is 37.1 Å². The van der Waals surface area contributed by atoms with E-state index in [1.54, 1.807) is 6.92 Å². The largest absolute Gasteiger partial charge is 0.462 e. The molecule has 0 radical (unpaired) electrons. The van der Waals surface area contributed by atoms with Crippen molar-refractivity contribution in [1.82, 2.24) is 14.8 Å². The number of aryl methyl sites for hydroxylation is 1. The molecule has 0 unspecified atom stereocenters. The molecule has 0 atom stereocenters. The molecule has 130 valence electrons. The van der Waals surface area contributed by atoms with Crippen molar-refractivity contribution in [3.63, 3.8) is 0 Å². The smallest absolute Gasteiger partial charge is 0.341 e. The Kier molecular flexibility index (Phi) is 5.29. The number of hydrogen-bond acceptors (Lipinski definition) is 5. The number of nitriles is 1. The van der Waals surface area contributed by atoms with Crippen LogP contribution in [0.25, 0.3) is 11.0 Å². The highest BCUT2D eigenvalue weighted by atomic mass is 35.5. The van der Waals surface area contributed by atoms with Crippen molar-refractivity contribution in [2.75, 3.05) is 6.61 Å². The molecule has 2 aromatic rings. The highest BCUT2D eigenvalue weighted by molar-refractivity contribution is 6.67. The number of halogens is 1. The van der Waals surface area contributed by atoms with Gasteiger partial charge in [-0.2, -0.15) is 5.10 Å². The number of aromatic nitrogens is 3. The summed E-state index contributed by atoms with van der Waals surface area (Å²) in [6.07, 6.45) is 5.40. The third-order valence-corrected chi connectivity index (χ3v) is 5.22. The second-order valence-electron chi connectivity index (χ2n) is 6.52. The third kappa shape index (κ3) is 3.50. The fraction of sp³-hybridized carbons (Fsp3) is 0.529. The molecule has 0 saturated carbocycles. The van der Waals surface area contributed by atoms with Crippen molar-refractivity contribution in [2.24, 2.45) is 5.92 Å². The fourth-order valence-electron chi connectivity index (χ4n) is 3.47. The van der Waals surface area contributed by atoms with Gasteiger partial charge in [0.15, 0.2) is 5.65 Å². The summed E-state index contributed by atoms with van der Waals surface area (Å²) in [4.78, 5) is 16.4. The van der Waals surface area contributed by atoms with E-state index in [9.17, 15) is 4.79 Å². The first-order valence-electron chi connectivity index (χ1n) is 8.63. The lowest BCUT2D eigenvalue weighted by Gasteiger charge is -2.23. The zero-order valence-corrected chi connectivity index (χ0v) is 15.2. The van der Waals surface area contributed by atoms with Crippen LogP contribution in [0.4, 0.5) is 0 Å². The summed E-state index contributed by atoms with van der Waals surface area (Å²) in [5.74, 6) is 2.38. The van der Waals surface area contributed by atoms with Crippen molar-refractivity contribution in [1.29, 1.82) is 5.26 Å². The summed E-state index contributed by atoms with van der Waals surface area (Å²) in [5.41, 5.74) is 1.72. The fourth-order valence-corrected chi connectivity index (χ4v) is 3.82. The molecule has 0 N–H and O–H groups in total. The molecule has 1 aliphatic rings. The van der Waals surface area contributed by atoms with Crippen LogP contribution in [-0.4, -0.2) is 34.1 Å². The van der Waals surface area contributed by atoms with Crippen molar-refractivity contribution >= 4 is 35.3 Å². The highest BCUT2D eigenvalue weighted by Gasteiger charge is 2.26. The van der Waals surface area contributed by atoms with Crippen LogP contribution in [0.5, 0.6) is 0 Å². The molecule has 0 spiro atoms. The van der Waals surface area contributed by atoms with E-state index >= 15 is 0 Å². The molecule has 25 heavy (non-hydrogen) atoms. The van der Waals surface area contributed by atoms with Crippen molar-refractivity contribution in [2.45, 2.75) is 45.9 Å². The van der Waals surface area contributed by atoms with Gasteiger partial charge in [-0.15, -0.1) is 0 Å². The van der Waals surface area contributed by atoms with Gasteiger partial charge in [0.25, 0.3) is 6.71 Å². The number of carbonyl (C=O) groups is 1. The molecule has 1 fully saturated rings. The first-order chi connectivity index (χ1) is 12.0. The average Bonchev–Trinajstić information content (AvgIpc) is 2.92. The van der Waals surface area contributed by atoms with Gasteiger partial charge in [-0.3, -0.25) is 0 Å². The predicted molar refractivity (Wildman–Crippen MR) is 96.9 cm³/mol. The standard InChI is InChI=1S/C17H20BClN4O2/c1-3-25-17(24)13-8-21-16-14(15(13)19)11(2)22-23(16)9-12-4-6-18(10-20)7-5-12/h8,12H,3-7,9H2,1-2H3. The van der Waals surface area contributed by atoms with Gasteiger partial charge in [-0.25, -0.2) is 19.7 Å². The van der Waals surface area contributed by atoms with Crippen LogP contribution in [0.2, 0.25) is 17.7 Å². The second-order valence-corrected chi connectivity index (χ2v) is 6.90. The molecule has 0 bridgehead atoms. The molecule has 2 aromatic heterocycles. The molecule has 0 aromatic carbocycles. The number of ether oxygens (including phenoxy) is 1. The molecule has 1 saturated heterocycles. The Labute approximate surface area is 152 Å². The van der Waals surface area contributed by atoms with Crippen LogP contribution in [0.15, 0.2) is 6.20 Å². The Balaban J connectivity index is 1.87. The van der Waals surface area contributed by atoms with E-state index in [0.717, 1.165) is 37.7 Å². The summed E-state index contributed by atoms with van der Waals surface area (Å²) in [6.45, 7) is 4.85. The molecule has 1 aliphatic heterocycles. The molecule has 0 amide bonds. The lowest BCUT2D eigenvalue weighted by molar-refractivity contribution is 0.0526. The number of carbonyl (C=O) groups excluding carboxylic acids is 1. The highest BCUT2D eigenvalue weighted by Crippen LogP contribution is 2.31. The third-order valence-electron chi connectivity index (χ3n) is 4.83. The van der Waals surface area contributed by atoms with Gasteiger partial charge < -0.3 is 4.74 Å². The van der Waals surface area contributed by atoms with E-state index in [1.807, 2.05) is 11.6 Å². The first-order valence-corrected chi connectivity index (χ1v) is 9.01. The van der Waals surface area contributed by atoms with E-state index in [1.165, 1.54) is 6.20 Å². The monoisotopic (exact) mass is 358 g/mol. The summed E-state index contributed by atoms with van der Waals surface area (Å²) in [5, 5.41) is 14.7. The van der Waals surface area contributed by atoms with Gasteiger partial charge >= 0.3 is 5.97 Å². The predicted octanol–water partition coefficient (Wildman–Crippen LogP) is 3.54. The molecular weight excluding hydrogens is 338 g/mol. The van der Waals surface area contributed by atoms with Crippen LogP contribution in [0, 0.1) is 24.1 Å². The minimum atomic E-state index is -0.469. The van der Waals surface area contributed by atoms with E-state index in [2.05, 4.69) is 16.1 Å². The number of rotatable bonds is 4. The maximum atomic E-state index is 12.0. The lowest BCUT2D eigenvalue weighted by Crippen LogP contribution is -2.23. The SMILES string of the molecule is CCOC(=O)c1cnc2c(c(C)nn2CC2CCB(C#N)CC2)c1Cl. The summed E-state index contributed by atoms with van der Waals surface area (Å²) >= 11 is 6.44. The number of pyridine rings is 1. The van der Waals surface area contributed by atoms with E-state index < -0.39 is 5.97 Å². The van der Waals surface area contributed by atoms with Crippen LogP contribution in [-0.2, 0) is 11.3 Å². The maximum absolute atomic E-state index is 12.0. The number of fused-ring (bicyclic) bond motifs is 1. The van der Waals surface area contributed by atoms with Gasteiger partial charge in [0.1, 0.15) is 0 Å². The Hall–Kier alpha value is -2.07. The van der Waals surface area contributed by atoms with E-state index in [0.29, 0.717) is 22.0 Å². The Morgan fingerprint density at radius 3 is 2.88 bits per heavy atom. The van der Waals surface area contributed by atoms with Gasteiger partial charge in [-0.05, 0) is 19.8 Å². The first kappa shape index (κ1) is 17.7. The van der Waals surface area contributed by atoms with Gasteiger partial charge in [0.05, 0.1) is 28.3 Å². The number of esters is 1. The van der Waals surface area contributed by atoms with Crippen molar-refractivity contribution in [3.8, 4) is 5.97 Å². The van der Waals surface area contributed by atoms with E-state index in [-0.39, 0.29) is 18.9 Å². The quantitative estimate of drug-likeness (QED) is 0.617. The molecule has 6 nitrogen and oxygen atoms in total. The summed E-state index contributed by atoms with van der Waals surface area (Å²) in [6, 6.07) is 0. The second kappa shape index (κ2) is 7.44. The molecule has 8 heteroatoms. The molecule has 3 rings (SSSR count). The topological polar surface area (TPSA) is 80.8 Å². The molecule has 3 heterocycles. The van der Waals surface area contributed by atoms with Crippen molar-refractivity contribution < 1.29 is 9.53 Å². The van der Waals surface area contributed by atoms with Gasteiger partial charge in [0.2, 0.25) is 0 Å². The van der Waals surface area contributed by atoms with Crippen LogP contribution in [0.1, 0.15) is 35.8 Å². The van der Waals surface area contributed by atoms with Crippen LogP contribution < -0.4 is 0 Å². The lowest BCUT2D eigenvalue weighted by atomic mass is 9.42. The maximum Gasteiger partial charge on any atom is 0.341 e. The Morgan fingerprint density at radius 2 is 2.24 bits per heavy atom.